The van der Waals surface area contributed by atoms with Gasteiger partial charge >= 0.3 is 5.97 Å². The van der Waals surface area contributed by atoms with Gasteiger partial charge in [0.25, 0.3) is 5.91 Å². The van der Waals surface area contributed by atoms with Crippen molar-refractivity contribution >= 4 is 40.1 Å². The molecule has 0 radical (unpaired) electrons. The summed E-state index contributed by atoms with van der Waals surface area (Å²) < 4.78 is 10.8. The first-order chi connectivity index (χ1) is 13.6. The summed E-state index contributed by atoms with van der Waals surface area (Å²) in [4.78, 5) is 24.3. The van der Waals surface area contributed by atoms with Crippen molar-refractivity contribution in [2.24, 2.45) is 0 Å². The van der Waals surface area contributed by atoms with Crippen LogP contribution in [0.15, 0.2) is 45.3 Å². The Labute approximate surface area is 169 Å². The molecule has 28 heavy (non-hydrogen) atoms. The Morgan fingerprint density at radius 3 is 2.75 bits per heavy atom. The van der Waals surface area contributed by atoms with Gasteiger partial charge in [-0.05, 0) is 13.3 Å². The number of carbonyl (C=O) groups is 2. The van der Waals surface area contributed by atoms with Crippen molar-refractivity contribution in [2.45, 2.75) is 29.9 Å². The van der Waals surface area contributed by atoms with Crippen LogP contribution in [0.25, 0.3) is 11.3 Å². The molecule has 2 aromatic heterocycles. The average Bonchev–Trinajstić information content (AvgIpc) is 3.36. The standard InChI is InChI=1S/C18H18N4O4S2/c1-3-14(16(24)25-4-2)27-18-21-20-17(28-18)19-15(23)12-10-13(26-22-12)11-8-6-5-7-9-11/h5-10,14H,3-4H2,1-2H3,(H,19,20,23)/t14-/m1/s1. The van der Waals surface area contributed by atoms with E-state index in [1.165, 1.54) is 23.1 Å². The van der Waals surface area contributed by atoms with Crippen LogP contribution in [0.1, 0.15) is 30.8 Å². The molecule has 0 aliphatic rings. The number of thioether (sulfide) groups is 1. The molecular formula is C18H18N4O4S2. The molecule has 146 valence electrons. The molecule has 0 saturated carbocycles. The third-order valence-corrected chi connectivity index (χ3v) is 5.86. The van der Waals surface area contributed by atoms with Gasteiger partial charge in [0.15, 0.2) is 15.8 Å². The van der Waals surface area contributed by atoms with Crippen molar-refractivity contribution in [3.05, 3.63) is 42.1 Å². The zero-order valence-electron chi connectivity index (χ0n) is 15.2. The second-order valence-electron chi connectivity index (χ2n) is 5.54. The van der Waals surface area contributed by atoms with E-state index in [1.807, 2.05) is 37.3 Å². The Morgan fingerprint density at radius 2 is 2.04 bits per heavy atom. The van der Waals surface area contributed by atoms with Crippen molar-refractivity contribution in [3.8, 4) is 11.3 Å². The molecule has 1 aromatic carbocycles. The highest BCUT2D eigenvalue weighted by Crippen LogP contribution is 2.31. The molecule has 0 aliphatic carbocycles. The molecule has 1 atom stereocenters. The van der Waals surface area contributed by atoms with Crippen LogP contribution in [0.4, 0.5) is 5.13 Å². The molecule has 0 aliphatic heterocycles. The van der Waals surface area contributed by atoms with E-state index >= 15 is 0 Å². The Hall–Kier alpha value is -2.72. The molecule has 0 fully saturated rings. The third kappa shape index (κ3) is 4.96. The molecule has 0 unspecified atom stereocenters. The predicted molar refractivity (Wildman–Crippen MR) is 106 cm³/mol. The van der Waals surface area contributed by atoms with E-state index in [0.717, 1.165) is 5.56 Å². The van der Waals surface area contributed by atoms with Crippen LogP contribution in [0.5, 0.6) is 0 Å². The van der Waals surface area contributed by atoms with Crippen LogP contribution in [-0.4, -0.2) is 39.1 Å². The molecule has 10 heteroatoms. The molecule has 0 bridgehead atoms. The van der Waals surface area contributed by atoms with Gasteiger partial charge in [-0.25, -0.2) is 0 Å². The summed E-state index contributed by atoms with van der Waals surface area (Å²) in [5.41, 5.74) is 0.967. The number of nitrogens with zero attached hydrogens (tertiary/aromatic N) is 3. The fourth-order valence-corrected chi connectivity index (χ4v) is 4.16. The zero-order chi connectivity index (χ0) is 19.9. The minimum atomic E-state index is -0.448. The number of hydrogen-bond acceptors (Lipinski definition) is 9. The number of aromatic nitrogens is 3. The number of nitrogens with one attached hydrogen (secondary N) is 1. The van der Waals surface area contributed by atoms with E-state index in [0.29, 0.717) is 28.3 Å². The second kappa shape index (κ2) is 9.47. The van der Waals surface area contributed by atoms with Crippen LogP contribution < -0.4 is 5.32 Å². The van der Waals surface area contributed by atoms with Crippen LogP contribution in [0.3, 0.4) is 0 Å². The lowest BCUT2D eigenvalue weighted by atomic mass is 10.1. The van der Waals surface area contributed by atoms with Gasteiger partial charge in [0.1, 0.15) is 5.25 Å². The SMILES string of the molecule is CCOC(=O)[C@@H](CC)Sc1nnc(NC(=O)c2cc(-c3ccccc3)on2)s1. The molecule has 1 amide bonds. The van der Waals surface area contributed by atoms with Gasteiger partial charge in [-0.3, -0.25) is 14.9 Å². The highest BCUT2D eigenvalue weighted by molar-refractivity contribution is 8.02. The molecule has 3 aromatic rings. The second-order valence-corrected chi connectivity index (χ2v) is 7.96. The maximum absolute atomic E-state index is 12.4. The summed E-state index contributed by atoms with van der Waals surface area (Å²) >= 11 is 2.45. The van der Waals surface area contributed by atoms with Crippen molar-refractivity contribution in [2.75, 3.05) is 11.9 Å². The number of carbonyl (C=O) groups excluding carboxylic acids is 2. The van der Waals surface area contributed by atoms with Gasteiger partial charge in [0.2, 0.25) is 5.13 Å². The predicted octanol–water partition coefficient (Wildman–Crippen LogP) is 3.88. The quantitative estimate of drug-likeness (QED) is 0.334. The number of anilines is 1. The molecule has 3 rings (SSSR count). The first-order valence-electron chi connectivity index (χ1n) is 8.61. The maximum Gasteiger partial charge on any atom is 0.319 e. The van der Waals surface area contributed by atoms with Crippen molar-refractivity contribution in [3.63, 3.8) is 0 Å². The lowest BCUT2D eigenvalue weighted by Gasteiger charge is -2.10. The van der Waals surface area contributed by atoms with Crippen LogP contribution >= 0.6 is 23.1 Å². The summed E-state index contributed by atoms with van der Waals surface area (Å²) in [5.74, 6) is -0.234. The third-order valence-electron chi connectivity index (χ3n) is 3.59. The maximum atomic E-state index is 12.4. The molecule has 0 saturated heterocycles. The number of benzene rings is 1. The molecule has 2 heterocycles. The normalized spacial score (nSPS) is 11.8. The van der Waals surface area contributed by atoms with Crippen LogP contribution in [0.2, 0.25) is 0 Å². The Morgan fingerprint density at radius 1 is 1.25 bits per heavy atom. The average molecular weight is 419 g/mol. The van der Waals surface area contributed by atoms with Crippen molar-refractivity contribution < 1.29 is 18.8 Å². The van der Waals surface area contributed by atoms with Crippen LogP contribution in [-0.2, 0) is 9.53 Å². The summed E-state index contributed by atoms with van der Waals surface area (Å²) in [6, 6.07) is 10.9. The number of hydrogen-bond donors (Lipinski definition) is 1. The van der Waals surface area contributed by atoms with Crippen LogP contribution in [0, 0.1) is 0 Å². The van der Waals surface area contributed by atoms with Gasteiger partial charge in [-0.15, -0.1) is 10.2 Å². The smallest absolute Gasteiger partial charge is 0.319 e. The largest absolute Gasteiger partial charge is 0.465 e. The van der Waals surface area contributed by atoms with Crippen molar-refractivity contribution in [1.82, 2.24) is 15.4 Å². The van der Waals surface area contributed by atoms with Gasteiger partial charge in [-0.1, -0.05) is 65.5 Å². The fourth-order valence-electron chi connectivity index (χ4n) is 2.24. The molecule has 8 nitrogen and oxygen atoms in total. The van der Waals surface area contributed by atoms with E-state index in [1.54, 1.807) is 13.0 Å². The fraction of sp³-hybridized carbons (Fsp3) is 0.278. The Bertz CT molecular complexity index is 942. The topological polar surface area (TPSA) is 107 Å². The highest BCUT2D eigenvalue weighted by atomic mass is 32.2. The van der Waals surface area contributed by atoms with Gasteiger partial charge < -0.3 is 9.26 Å². The summed E-state index contributed by atoms with van der Waals surface area (Å²) in [7, 11) is 0. The highest BCUT2D eigenvalue weighted by Gasteiger charge is 2.22. The minimum Gasteiger partial charge on any atom is -0.465 e. The number of rotatable bonds is 8. The van der Waals surface area contributed by atoms with Crippen molar-refractivity contribution in [1.29, 1.82) is 0 Å². The van der Waals surface area contributed by atoms with E-state index in [2.05, 4.69) is 20.7 Å². The molecular weight excluding hydrogens is 400 g/mol. The zero-order valence-corrected chi connectivity index (χ0v) is 16.9. The number of amides is 1. The summed E-state index contributed by atoms with van der Waals surface area (Å²) in [6.07, 6.45) is 0.603. The lowest BCUT2D eigenvalue weighted by Crippen LogP contribution is -2.19. The van der Waals surface area contributed by atoms with E-state index < -0.39 is 5.91 Å². The number of ether oxygens (including phenoxy) is 1. The first kappa shape index (κ1) is 20.0. The Balaban J connectivity index is 1.63. The van der Waals surface area contributed by atoms with E-state index in [4.69, 9.17) is 9.26 Å². The van der Waals surface area contributed by atoms with Gasteiger partial charge in [0.05, 0.1) is 6.61 Å². The minimum absolute atomic E-state index is 0.140. The van der Waals surface area contributed by atoms with E-state index in [9.17, 15) is 9.59 Å². The summed E-state index contributed by atoms with van der Waals surface area (Å²) in [5, 5.41) is 14.4. The van der Waals surface area contributed by atoms with Gasteiger partial charge in [0, 0.05) is 11.6 Å². The summed E-state index contributed by atoms with van der Waals surface area (Å²) in [6.45, 7) is 3.99. The monoisotopic (exact) mass is 418 g/mol. The Kier molecular flexibility index (Phi) is 6.77. The lowest BCUT2D eigenvalue weighted by molar-refractivity contribution is -0.142. The molecule has 1 N–H and O–H groups in total. The van der Waals surface area contributed by atoms with Gasteiger partial charge in [-0.2, -0.15) is 0 Å². The first-order valence-corrected chi connectivity index (χ1v) is 10.3. The van der Waals surface area contributed by atoms with E-state index in [-0.39, 0.29) is 16.9 Å². The number of esters is 1. The molecule has 0 spiro atoms.